The van der Waals surface area contributed by atoms with Gasteiger partial charge in [0.15, 0.2) is 6.61 Å². The number of nitrogens with zero attached hydrogens (tertiary/aromatic N) is 1. The SMILES string of the molecule is CC(C)(C)N(Cc1ccccc1)C(=O)COc1cccc(Cl)c1. The van der Waals surface area contributed by atoms with Crippen LogP contribution in [0.5, 0.6) is 5.75 Å². The first-order valence-corrected chi connectivity index (χ1v) is 7.97. The maximum atomic E-state index is 12.6. The Kier molecular flexibility index (Phi) is 5.67. The van der Waals surface area contributed by atoms with Crippen LogP contribution in [0.2, 0.25) is 5.02 Å². The number of carbonyl (C=O) groups excluding carboxylic acids is 1. The van der Waals surface area contributed by atoms with Gasteiger partial charge in [0.25, 0.3) is 5.91 Å². The molecule has 3 nitrogen and oxygen atoms in total. The number of carbonyl (C=O) groups is 1. The molecule has 23 heavy (non-hydrogen) atoms. The molecule has 0 unspecified atom stereocenters. The molecule has 0 aliphatic carbocycles. The standard InChI is InChI=1S/C19H22ClNO2/c1-19(2,3)21(13-15-8-5-4-6-9-15)18(22)14-23-17-11-7-10-16(20)12-17/h4-12H,13-14H2,1-3H3. The lowest BCUT2D eigenvalue weighted by molar-refractivity contribution is -0.139. The van der Waals surface area contributed by atoms with Crippen LogP contribution in [-0.2, 0) is 11.3 Å². The fourth-order valence-electron chi connectivity index (χ4n) is 2.25. The van der Waals surface area contributed by atoms with Gasteiger partial charge in [0.2, 0.25) is 0 Å². The largest absolute Gasteiger partial charge is 0.484 e. The van der Waals surface area contributed by atoms with Crippen LogP contribution in [0.4, 0.5) is 0 Å². The number of ether oxygens (including phenoxy) is 1. The summed E-state index contributed by atoms with van der Waals surface area (Å²) >= 11 is 5.93. The zero-order chi connectivity index (χ0) is 16.9. The quantitative estimate of drug-likeness (QED) is 0.804. The zero-order valence-corrected chi connectivity index (χ0v) is 14.5. The van der Waals surface area contributed by atoms with Gasteiger partial charge in [0.05, 0.1) is 0 Å². The maximum absolute atomic E-state index is 12.6. The smallest absolute Gasteiger partial charge is 0.261 e. The fourth-order valence-corrected chi connectivity index (χ4v) is 2.43. The molecule has 0 radical (unpaired) electrons. The summed E-state index contributed by atoms with van der Waals surface area (Å²) in [5.41, 5.74) is 0.809. The Morgan fingerprint density at radius 3 is 2.39 bits per heavy atom. The van der Waals surface area contributed by atoms with Gasteiger partial charge in [0, 0.05) is 17.1 Å². The molecule has 2 rings (SSSR count). The third kappa shape index (κ3) is 5.29. The number of rotatable bonds is 5. The molecule has 0 heterocycles. The molecule has 0 saturated carbocycles. The van der Waals surface area contributed by atoms with Crippen molar-refractivity contribution in [3.63, 3.8) is 0 Å². The van der Waals surface area contributed by atoms with Gasteiger partial charge in [-0.3, -0.25) is 4.79 Å². The molecule has 0 N–H and O–H groups in total. The fraction of sp³-hybridized carbons (Fsp3) is 0.316. The van der Waals surface area contributed by atoms with Crippen LogP contribution >= 0.6 is 11.6 Å². The van der Waals surface area contributed by atoms with E-state index in [1.54, 1.807) is 24.3 Å². The van der Waals surface area contributed by atoms with E-state index >= 15 is 0 Å². The molecule has 2 aromatic rings. The van der Waals surface area contributed by atoms with Gasteiger partial charge in [-0.15, -0.1) is 0 Å². The minimum atomic E-state index is -0.287. The molecule has 0 aliphatic rings. The Bertz CT molecular complexity index is 650. The topological polar surface area (TPSA) is 29.5 Å². The van der Waals surface area contributed by atoms with E-state index in [9.17, 15) is 4.79 Å². The minimum Gasteiger partial charge on any atom is -0.484 e. The molecule has 0 aliphatic heterocycles. The summed E-state index contributed by atoms with van der Waals surface area (Å²) in [5.74, 6) is 0.542. The predicted molar refractivity (Wildman–Crippen MR) is 93.7 cm³/mol. The Hall–Kier alpha value is -2.00. The summed E-state index contributed by atoms with van der Waals surface area (Å²) in [6, 6.07) is 17.0. The van der Waals surface area contributed by atoms with E-state index in [1.807, 2.05) is 56.0 Å². The highest BCUT2D eigenvalue weighted by molar-refractivity contribution is 6.30. The first-order chi connectivity index (χ1) is 10.9. The van der Waals surface area contributed by atoms with Crippen molar-refractivity contribution in [2.45, 2.75) is 32.9 Å². The lowest BCUT2D eigenvalue weighted by Crippen LogP contribution is -2.47. The molecule has 122 valence electrons. The van der Waals surface area contributed by atoms with E-state index in [2.05, 4.69) is 0 Å². The minimum absolute atomic E-state index is 0.00948. The summed E-state index contributed by atoms with van der Waals surface area (Å²) in [4.78, 5) is 14.4. The first kappa shape index (κ1) is 17.4. The predicted octanol–water partition coefficient (Wildman–Crippen LogP) is 4.55. The van der Waals surface area contributed by atoms with E-state index < -0.39 is 0 Å². The van der Waals surface area contributed by atoms with Crippen molar-refractivity contribution < 1.29 is 9.53 Å². The second kappa shape index (κ2) is 7.51. The lowest BCUT2D eigenvalue weighted by atomic mass is 10.0. The van der Waals surface area contributed by atoms with E-state index in [0.717, 1.165) is 5.56 Å². The summed E-state index contributed by atoms with van der Waals surface area (Å²) in [6.45, 7) is 6.61. The van der Waals surface area contributed by atoms with Crippen molar-refractivity contribution in [1.82, 2.24) is 4.90 Å². The van der Waals surface area contributed by atoms with Crippen molar-refractivity contribution in [1.29, 1.82) is 0 Å². The monoisotopic (exact) mass is 331 g/mol. The molecular weight excluding hydrogens is 310 g/mol. The lowest BCUT2D eigenvalue weighted by Gasteiger charge is -2.35. The van der Waals surface area contributed by atoms with Gasteiger partial charge < -0.3 is 9.64 Å². The number of hydrogen-bond donors (Lipinski definition) is 0. The van der Waals surface area contributed by atoms with Crippen molar-refractivity contribution in [3.05, 3.63) is 65.2 Å². The summed E-state index contributed by atoms with van der Waals surface area (Å²) in [7, 11) is 0. The molecule has 2 aromatic carbocycles. The molecule has 0 aromatic heterocycles. The molecule has 0 atom stereocenters. The van der Waals surface area contributed by atoms with E-state index in [1.165, 1.54) is 0 Å². The summed E-state index contributed by atoms with van der Waals surface area (Å²) in [6.07, 6.45) is 0. The molecule has 0 saturated heterocycles. The Labute approximate surface area is 142 Å². The van der Waals surface area contributed by atoms with Gasteiger partial charge in [-0.2, -0.15) is 0 Å². The van der Waals surface area contributed by atoms with Gasteiger partial charge >= 0.3 is 0 Å². The zero-order valence-electron chi connectivity index (χ0n) is 13.8. The molecule has 0 spiro atoms. The first-order valence-electron chi connectivity index (χ1n) is 7.59. The van der Waals surface area contributed by atoms with Gasteiger partial charge in [-0.05, 0) is 44.5 Å². The van der Waals surface area contributed by atoms with Crippen molar-refractivity contribution in [2.75, 3.05) is 6.61 Å². The second-order valence-electron chi connectivity index (χ2n) is 6.38. The van der Waals surface area contributed by atoms with Gasteiger partial charge in [-0.25, -0.2) is 0 Å². The van der Waals surface area contributed by atoms with Crippen LogP contribution in [0.1, 0.15) is 26.3 Å². The number of hydrogen-bond acceptors (Lipinski definition) is 2. The van der Waals surface area contributed by atoms with Crippen LogP contribution in [-0.4, -0.2) is 23.0 Å². The Balaban J connectivity index is 2.05. The van der Waals surface area contributed by atoms with Crippen molar-refractivity contribution in [3.8, 4) is 5.75 Å². The average Bonchev–Trinajstić information content (AvgIpc) is 2.50. The number of amides is 1. The highest BCUT2D eigenvalue weighted by atomic mass is 35.5. The van der Waals surface area contributed by atoms with Crippen molar-refractivity contribution in [2.24, 2.45) is 0 Å². The van der Waals surface area contributed by atoms with Crippen LogP contribution in [0, 0.1) is 0 Å². The molecular formula is C19H22ClNO2. The average molecular weight is 332 g/mol. The Morgan fingerprint density at radius 1 is 1.09 bits per heavy atom. The number of halogens is 1. The maximum Gasteiger partial charge on any atom is 0.261 e. The van der Waals surface area contributed by atoms with Crippen LogP contribution in [0.15, 0.2) is 54.6 Å². The van der Waals surface area contributed by atoms with Gasteiger partial charge in [0.1, 0.15) is 5.75 Å². The van der Waals surface area contributed by atoms with E-state index in [0.29, 0.717) is 17.3 Å². The molecule has 0 bridgehead atoms. The van der Waals surface area contributed by atoms with E-state index in [4.69, 9.17) is 16.3 Å². The van der Waals surface area contributed by atoms with Crippen molar-refractivity contribution >= 4 is 17.5 Å². The van der Waals surface area contributed by atoms with Gasteiger partial charge in [-0.1, -0.05) is 48.0 Å². The van der Waals surface area contributed by atoms with Crippen LogP contribution in [0.3, 0.4) is 0 Å². The highest BCUT2D eigenvalue weighted by Gasteiger charge is 2.26. The molecule has 0 fully saturated rings. The molecule has 4 heteroatoms. The van der Waals surface area contributed by atoms with E-state index in [-0.39, 0.29) is 18.1 Å². The Morgan fingerprint density at radius 2 is 1.78 bits per heavy atom. The molecule has 1 amide bonds. The highest BCUT2D eigenvalue weighted by Crippen LogP contribution is 2.20. The summed E-state index contributed by atoms with van der Waals surface area (Å²) < 4.78 is 5.59. The third-order valence-electron chi connectivity index (χ3n) is 3.45. The number of benzene rings is 2. The normalized spacial score (nSPS) is 11.1. The second-order valence-corrected chi connectivity index (χ2v) is 6.82. The summed E-state index contributed by atoms with van der Waals surface area (Å²) in [5, 5.41) is 0.590. The van der Waals surface area contributed by atoms with Crippen LogP contribution < -0.4 is 4.74 Å². The van der Waals surface area contributed by atoms with Crippen LogP contribution in [0.25, 0.3) is 0 Å². The third-order valence-corrected chi connectivity index (χ3v) is 3.69.